The van der Waals surface area contributed by atoms with Crippen LogP contribution in [0.2, 0.25) is 0 Å². The second kappa shape index (κ2) is 4.14. The minimum absolute atomic E-state index is 0.218. The molecule has 1 heterocycles. The van der Waals surface area contributed by atoms with Crippen molar-refractivity contribution in [3.8, 4) is 0 Å². The number of rotatable bonds is 3. The molecule has 2 rings (SSSR count). The molecule has 6 heteroatoms. The zero-order valence-corrected chi connectivity index (χ0v) is 8.96. The lowest BCUT2D eigenvalue weighted by Gasteiger charge is -2.43. The Kier molecular flexibility index (Phi) is 2.81. The summed E-state index contributed by atoms with van der Waals surface area (Å²) < 4.78 is 17.8. The van der Waals surface area contributed by atoms with Crippen molar-refractivity contribution in [3.63, 3.8) is 0 Å². The van der Waals surface area contributed by atoms with Gasteiger partial charge < -0.3 is 9.84 Å². The van der Waals surface area contributed by atoms with Crippen LogP contribution >= 0.6 is 0 Å². The fourth-order valence-corrected chi connectivity index (χ4v) is 1.85. The second-order valence-electron chi connectivity index (χ2n) is 3.63. The highest BCUT2D eigenvalue weighted by molar-refractivity contribution is 6.12. The van der Waals surface area contributed by atoms with Gasteiger partial charge in [-0.25, -0.2) is 9.18 Å². The van der Waals surface area contributed by atoms with Gasteiger partial charge in [0.05, 0.1) is 0 Å². The molecule has 5 nitrogen and oxygen atoms in total. The predicted octanol–water partition coefficient (Wildman–Crippen LogP) is 0.641. The van der Waals surface area contributed by atoms with Crippen LogP contribution in [0.4, 0.5) is 10.1 Å². The first-order valence-electron chi connectivity index (χ1n) is 4.90. The van der Waals surface area contributed by atoms with Gasteiger partial charge in [0.2, 0.25) is 0 Å². The Morgan fingerprint density at radius 1 is 1.53 bits per heavy atom. The normalized spacial score (nSPS) is 23.4. The Labute approximate surface area is 96.4 Å². The number of amides is 1. The number of hydrogen-bond acceptors (Lipinski definition) is 3. The van der Waals surface area contributed by atoms with Crippen LogP contribution in [0.1, 0.15) is 0 Å². The highest BCUT2D eigenvalue weighted by Crippen LogP contribution is 2.30. The molecule has 17 heavy (non-hydrogen) atoms. The van der Waals surface area contributed by atoms with E-state index < -0.39 is 29.8 Å². The number of hydrogen-bond donors (Lipinski definition) is 1. The zero-order chi connectivity index (χ0) is 12.6. The van der Waals surface area contributed by atoms with E-state index >= 15 is 0 Å². The van der Waals surface area contributed by atoms with Gasteiger partial charge in [-0.05, 0) is 18.2 Å². The Balaban J connectivity index is 2.32. The smallest absolute Gasteiger partial charge is 0.330 e. The summed E-state index contributed by atoms with van der Waals surface area (Å²) >= 11 is 0. The molecule has 0 radical (unpaired) electrons. The van der Waals surface area contributed by atoms with Gasteiger partial charge in [-0.15, -0.1) is 0 Å². The summed E-state index contributed by atoms with van der Waals surface area (Å²) in [5, 5.41) is 8.99. The van der Waals surface area contributed by atoms with Crippen LogP contribution in [0.25, 0.3) is 0 Å². The lowest BCUT2D eigenvalue weighted by Crippen LogP contribution is -2.69. The number of carboxylic acid groups (broad SMARTS) is 1. The molecule has 1 N–H and O–H groups in total. The van der Waals surface area contributed by atoms with Crippen LogP contribution in [-0.4, -0.2) is 36.2 Å². The average Bonchev–Trinajstić information content (AvgIpc) is 2.26. The van der Waals surface area contributed by atoms with Crippen molar-refractivity contribution in [2.45, 2.75) is 12.1 Å². The number of aliphatic carboxylic acids is 1. The Bertz CT molecular complexity index is 476. The van der Waals surface area contributed by atoms with Gasteiger partial charge in [0.1, 0.15) is 5.82 Å². The third-order valence-corrected chi connectivity index (χ3v) is 2.64. The first-order chi connectivity index (χ1) is 8.06. The fourth-order valence-electron chi connectivity index (χ4n) is 1.85. The lowest BCUT2D eigenvalue weighted by atomic mass is 9.96. The van der Waals surface area contributed by atoms with Crippen LogP contribution < -0.4 is 4.90 Å². The molecule has 1 fully saturated rings. The van der Waals surface area contributed by atoms with Gasteiger partial charge in [-0.1, -0.05) is 6.07 Å². The molecule has 1 amide bonds. The molecule has 2 atom stereocenters. The molecular formula is C11H10FNO4. The van der Waals surface area contributed by atoms with E-state index in [0.29, 0.717) is 0 Å². The van der Waals surface area contributed by atoms with E-state index in [1.807, 2.05) is 0 Å². The molecule has 1 aromatic carbocycles. The van der Waals surface area contributed by atoms with E-state index in [4.69, 9.17) is 9.84 Å². The molecule has 1 aliphatic heterocycles. The Morgan fingerprint density at radius 2 is 2.24 bits per heavy atom. The number of nitrogens with zero attached hydrogens (tertiary/aromatic N) is 1. The average molecular weight is 239 g/mol. The maximum absolute atomic E-state index is 13.0. The highest BCUT2D eigenvalue weighted by atomic mass is 19.1. The van der Waals surface area contributed by atoms with Crippen molar-refractivity contribution in [3.05, 3.63) is 30.1 Å². The van der Waals surface area contributed by atoms with Crippen molar-refractivity contribution < 1.29 is 23.8 Å². The molecule has 0 unspecified atom stereocenters. The van der Waals surface area contributed by atoms with Crippen molar-refractivity contribution in [1.29, 1.82) is 0 Å². The zero-order valence-electron chi connectivity index (χ0n) is 8.96. The van der Waals surface area contributed by atoms with E-state index in [1.165, 1.54) is 25.3 Å². The maximum Gasteiger partial charge on any atom is 0.330 e. The molecule has 1 saturated heterocycles. The highest BCUT2D eigenvalue weighted by Gasteiger charge is 2.53. The lowest BCUT2D eigenvalue weighted by molar-refractivity contribution is -0.155. The van der Waals surface area contributed by atoms with Crippen molar-refractivity contribution in [2.24, 2.45) is 0 Å². The number of ether oxygens (including phenoxy) is 1. The predicted molar refractivity (Wildman–Crippen MR) is 56.1 cm³/mol. The van der Waals surface area contributed by atoms with Gasteiger partial charge in [-0.3, -0.25) is 9.69 Å². The van der Waals surface area contributed by atoms with Gasteiger partial charge >= 0.3 is 5.97 Å². The van der Waals surface area contributed by atoms with E-state index in [9.17, 15) is 14.0 Å². The van der Waals surface area contributed by atoms with Gasteiger partial charge in [-0.2, -0.15) is 0 Å². The first kappa shape index (κ1) is 11.5. The number of benzene rings is 1. The minimum atomic E-state index is -1.18. The summed E-state index contributed by atoms with van der Waals surface area (Å²) in [6.07, 6.45) is -1.00. The molecule has 1 aliphatic rings. The SMILES string of the molecule is CO[C@H]1C(=O)N(c2cccc(F)c2)[C@@H]1C(=O)O. The number of carbonyl (C=O) groups is 2. The standard InChI is InChI=1S/C11H10FNO4/c1-17-9-8(11(15)16)13(10(9)14)7-4-2-3-6(12)5-7/h2-5,8-9H,1H3,(H,15,16)/t8-,9+/m0/s1. The largest absolute Gasteiger partial charge is 0.480 e. The number of β-lactam (4-membered cyclic amide) rings is 1. The molecule has 0 spiro atoms. The first-order valence-corrected chi connectivity index (χ1v) is 4.90. The summed E-state index contributed by atoms with van der Waals surface area (Å²) in [7, 11) is 1.27. The van der Waals surface area contributed by atoms with E-state index in [-0.39, 0.29) is 5.69 Å². The monoisotopic (exact) mass is 239 g/mol. The van der Waals surface area contributed by atoms with Gasteiger partial charge in [0, 0.05) is 12.8 Å². The molecule has 0 aromatic heterocycles. The molecule has 1 aromatic rings. The molecule has 0 aliphatic carbocycles. The van der Waals surface area contributed by atoms with Crippen LogP contribution in [0.15, 0.2) is 24.3 Å². The van der Waals surface area contributed by atoms with E-state index in [0.717, 1.165) is 11.0 Å². The summed E-state index contributed by atoms with van der Waals surface area (Å²) in [4.78, 5) is 23.6. The van der Waals surface area contributed by atoms with Crippen molar-refractivity contribution >= 4 is 17.6 Å². The Hall–Kier alpha value is -1.95. The number of carbonyl (C=O) groups excluding carboxylic acids is 1. The van der Waals surface area contributed by atoms with Crippen LogP contribution in [-0.2, 0) is 14.3 Å². The molecule has 0 saturated carbocycles. The molecule has 90 valence electrons. The number of methoxy groups -OCH3 is 1. The van der Waals surface area contributed by atoms with E-state index in [1.54, 1.807) is 0 Å². The number of halogens is 1. The topological polar surface area (TPSA) is 66.8 Å². The van der Waals surface area contributed by atoms with Crippen molar-refractivity contribution in [1.82, 2.24) is 0 Å². The summed E-state index contributed by atoms with van der Waals surface area (Å²) in [6.45, 7) is 0. The maximum atomic E-state index is 13.0. The van der Waals surface area contributed by atoms with Crippen LogP contribution in [0, 0.1) is 5.82 Å². The van der Waals surface area contributed by atoms with Gasteiger partial charge in [0.25, 0.3) is 5.91 Å². The summed E-state index contributed by atoms with van der Waals surface area (Å²) in [5.41, 5.74) is 0.218. The fraction of sp³-hybridized carbons (Fsp3) is 0.273. The number of anilines is 1. The Morgan fingerprint density at radius 3 is 2.76 bits per heavy atom. The quantitative estimate of drug-likeness (QED) is 0.786. The summed E-state index contributed by atoms with van der Waals surface area (Å²) in [6, 6.07) is 4.12. The van der Waals surface area contributed by atoms with Crippen LogP contribution in [0.3, 0.4) is 0 Å². The number of carboxylic acids is 1. The molecule has 0 bridgehead atoms. The van der Waals surface area contributed by atoms with Crippen LogP contribution in [0.5, 0.6) is 0 Å². The van der Waals surface area contributed by atoms with E-state index in [2.05, 4.69) is 0 Å². The summed E-state index contributed by atoms with van der Waals surface area (Å²) in [5.74, 6) is -2.19. The molecular weight excluding hydrogens is 229 g/mol. The third kappa shape index (κ3) is 1.76. The minimum Gasteiger partial charge on any atom is -0.480 e. The van der Waals surface area contributed by atoms with Gasteiger partial charge in [0.15, 0.2) is 12.1 Å². The second-order valence-corrected chi connectivity index (χ2v) is 3.63. The van der Waals surface area contributed by atoms with Crippen molar-refractivity contribution in [2.75, 3.05) is 12.0 Å². The third-order valence-electron chi connectivity index (χ3n) is 2.64.